The van der Waals surface area contributed by atoms with E-state index in [1.54, 1.807) is 0 Å². The molecule has 0 spiro atoms. The van der Waals surface area contributed by atoms with E-state index in [0.717, 1.165) is 6.33 Å². The van der Waals surface area contributed by atoms with E-state index in [9.17, 15) is 13.2 Å². The minimum atomic E-state index is -4.29. The maximum atomic E-state index is 13.0. The van der Waals surface area contributed by atoms with E-state index in [0.29, 0.717) is 6.54 Å². The molecule has 84 valence electrons. The van der Waals surface area contributed by atoms with Gasteiger partial charge in [-0.1, -0.05) is 0 Å². The van der Waals surface area contributed by atoms with Crippen LogP contribution in [-0.4, -0.2) is 34.0 Å². The molecule has 1 atom stereocenters. The predicted octanol–water partition coefficient (Wildman–Crippen LogP) is 0.609. The van der Waals surface area contributed by atoms with Crippen molar-refractivity contribution in [3.63, 3.8) is 0 Å². The fourth-order valence-electron chi connectivity index (χ4n) is 1.98. The maximum Gasteiger partial charge on any atom is 0.402 e. The highest BCUT2D eigenvalue weighted by atomic mass is 19.4. The van der Waals surface area contributed by atoms with E-state index >= 15 is 0 Å². The standard InChI is InChI=1S/C8H11F3N4/c1-15-6(13-5-14-15)7(8(9,10)11)2-3-12-4-7/h5,12H,2-4H2,1H3. The number of nitrogens with one attached hydrogen (secondary N) is 1. The summed E-state index contributed by atoms with van der Waals surface area (Å²) in [5, 5.41) is 6.43. The van der Waals surface area contributed by atoms with Crippen LogP contribution in [0.15, 0.2) is 6.33 Å². The average Bonchev–Trinajstić information content (AvgIpc) is 2.70. The third kappa shape index (κ3) is 1.41. The van der Waals surface area contributed by atoms with Gasteiger partial charge in [0, 0.05) is 13.6 Å². The van der Waals surface area contributed by atoms with Crippen LogP contribution in [0.1, 0.15) is 12.2 Å². The highest BCUT2D eigenvalue weighted by Gasteiger charge is 2.59. The molecule has 1 aliphatic rings. The number of aromatic nitrogens is 3. The van der Waals surface area contributed by atoms with Crippen LogP contribution in [-0.2, 0) is 12.5 Å². The van der Waals surface area contributed by atoms with E-state index < -0.39 is 11.6 Å². The Labute approximate surface area is 84.5 Å². The highest BCUT2D eigenvalue weighted by molar-refractivity contribution is 5.16. The summed E-state index contributed by atoms with van der Waals surface area (Å²) in [6.45, 7) is 0.232. The summed E-state index contributed by atoms with van der Waals surface area (Å²) in [5.41, 5.74) is -1.88. The molecular formula is C8H11F3N4. The van der Waals surface area contributed by atoms with Gasteiger partial charge in [0.05, 0.1) is 0 Å². The number of alkyl halides is 3. The van der Waals surface area contributed by atoms with Crippen molar-refractivity contribution in [1.82, 2.24) is 20.1 Å². The second kappa shape index (κ2) is 3.19. The SMILES string of the molecule is Cn1ncnc1C1(C(F)(F)F)CCNC1. The van der Waals surface area contributed by atoms with Crippen molar-refractivity contribution in [2.24, 2.45) is 7.05 Å². The Balaban J connectivity index is 2.49. The lowest BCUT2D eigenvalue weighted by molar-refractivity contribution is -0.187. The van der Waals surface area contributed by atoms with Crippen LogP contribution in [0.3, 0.4) is 0 Å². The number of rotatable bonds is 1. The number of aryl methyl sites for hydroxylation is 1. The number of nitrogens with zero attached hydrogens (tertiary/aromatic N) is 3. The molecule has 1 saturated heterocycles. The van der Waals surface area contributed by atoms with Gasteiger partial charge >= 0.3 is 6.18 Å². The van der Waals surface area contributed by atoms with Crippen LogP contribution in [0.25, 0.3) is 0 Å². The molecule has 1 aromatic rings. The molecular weight excluding hydrogens is 209 g/mol. The molecule has 2 heterocycles. The number of hydrogen-bond acceptors (Lipinski definition) is 3. The van der Waals surface area contributed by atoms with Gasteiger partial charge in [0.15, 0.2) is 0 Å². The minimum absolute atomic E-state index is 0.0139. The van der Waals surface area contributed by atoms with Crippen molar-refractivity contribution >= 4 is 0 Å². The van der Waals surface area contributed by atoms with Gasteiger partial charge < -0.3 is 5.32 Å². The van der Waals surface area contributed by atoms with Crippen molar-refractivity contribution < 1.29 is 13.2 Å². The molecule has 1 unspecified atom stereocenters. The topological polar surface area (TPSA) is 42.7 Å². The lowest BCUT2D eigenvalue weighted by Gasteiger charge is -2.29. The summed E-state index contributed by atoms with van der Waals surface area (Å²) in [4.78, 5) is 3.73. The zero-order valence-corrected chi connectivity index (χ0v) is 8.17. The molecule has 0 amide bonds. The van der Waals surface area contributed by atoms with Gasteiger partial charge in [-0.15, -0.1) is 0 Å². The third-order valence-electron chi connectivity index (χ3n) is 2.84. The Morgan fingerprint density at radius 2 is 2.27 bits per heavy atom. The van der Waals surface area contributed by atoms with Crippen LogP contribution in [0.5, 0.6) is 0 Å². The molecule has 1 aromatic heterocycles. The van der Waals surface area contributed by atoms with Gasteiger partial charge in [-0.25, -0.2) is 4.98 Å². The van der Waals surface area contributed by atoms with E-state index in [4.69, 9.17) is 0 Å². The summed E-state index contributed by atoms with van der Waals surface area (Å²) >= 11 is 0. The summed E-state index contributed by atoms with van der Waals surface area (Å²) in [6.07, 6.45) is -3.12. The predicted molar refractivity (Wildman–Crippen MR) is 46.2 cm³/mol. The Morgan fingerprint density at radius 1 is 1.53 bits per heavy atom. The van der Waals surface area contributed by atoms with Crippen molar-refractivity contribution in [3.8, 4) is 0 Å². The quantitative estimate of drug-likeness (QED) is 0.754. The van der Waals surface area contributed by atoms with Gasteiger partial charge in [0.2, 0.25) is 0 Å². The summed E-state index contributed by atoms with van der Waals surface area (Å²) in [5.74, 6) is -0.0139. The smallest absolute Gasteiger partial charge is 0.315 e. The van der Waals surface area contributed by atoms with Gasteiger partial charge in [-0.2, -0.15) is 18.3 Å². The second-order valence-electron chi connectivity index (χ2n) is 3.71. The first-order valence-corrected chi connectivity index (χ1v) is 4.59. The fraction of sp³-hybridized carbons (Fsp3) is 0.750. The molecule has 1 N–H and O–H groups in total. The van der Waals surface area contributed by atoms with Crippen LogP contribution in [0, 0.1) is 0 Å². The fourth-order valence-corrected chi connectivity index (χ4v) is 1.98. The first-order chi connectivity index (χ1) is 6.97. The number of halogens is 3. The molecule has 1 aliphatic heterocycles. The highest BCUT2D eigenvalue weighted by Crippen LogP contribution is 2.44. The number of hydrogen-bond donors (Lipinski definition) is 1. The molecule has 0 aliphatic carbocycles. The van der Waals surface area contributed by atoms with Crippen molar-refractivity contribution in [2.45, 2.75) is 18.0 Å². The van der Waals surface area contributed by atoms with Crippen LogP contribution in [0.2, 0.25) is 0 Å². The largest absolute Gasteiger partial charge is 0.402 e. The second-order valence-corrected chi connectivity index (χ2v) is 3.71. The molecule has 0 saturated carbocycles. The minimum Gasteiger partial charge on any atom is -0.315 e. The molecule has 0 radical (unpaired) electrons. The molecule has 1 fully saturated rings. The van der Waals surface area contributed by atoms with Crippen molar-refractivity contribution in [3.05, 3.63) is 12.2 Å². The first-order valence-electron chi connectivity index (χ1n) is 4.59. The van der Waals surface area contributed by atoms with Crippen molar-refractivity contribution in [1.29, 1.82) is 0 Å². The summed E-state index contributed by atoms with van der Waals surface area (Å²) in [6, 6.07) is 0. The lowest BCUT2D eigenvalue weighted by atomic mass is 9.85. The van der Waals surface area contributed by atoms with Crippen LogP contribution >= 0.6 is 0 Å². The van der Waals surface area contributed by atoms with Crippen LogP contribution < -0.4 is 5.32 Å². The van der Waals surface area contributed by atoms with Gasteiger partial charge in [-0.3, -0.25) is 4.68 Å². The van der Waals surface area contributed by atoms with Gasteiger partial charge in [0.1, 0.15) is 17.6 Å². The molecule has 7 heteroatoms. The summed E-state index contributed by atoms with van der Waals surface area (Å²) in [7, 11) is 1.48. The lowest BCUT2D eigenvalue weighted by Crippen LogP contribution is -2.46. The average molecular weight is 220 g/mol. The Hall–Kier alpha value is -1.11. The van der Waals surface area contributed by atoms with E-state index in [1.165, 1.54) is 11.7 Å². The Bertz CT molecular complexity index is 351. The normalized spacial score (nSPS) is 27.2. The van der Waals surface area contributed by atoms with Crippen molar-refractivity contribution in [2.75, 3.05) is 13.1 Å². The Morgan fingerprint density at radius 3 is 2.67 bits per heavy atom. The van der Waals surface area contributed by atoms with E-state index in [-0.39, 0.29) is 18.8 Å². The zero-order valence-electron chi connectivity index (χ0n) is 8.17. The summed E-state index contributed by atoms with van der Waals surface area (Å²) < 4.78 is 40.3. The monoisotopic (exact) mass is 220 g/mol. The van der Waals surface area contributed by atoms with Gasteiger partial charge in [-0.05, 0) is 13.0 Å². The molecule has 0 aromatic carbocycles. The van der Waals surface area contributed by atoms with E-state index in [1.807, 2.05) is 0 Å². The Kier molecular flexibility index (Phi) is 2.22. The third-order valence-corrected chi connectivity index (χ3v) is 2.84. The molecule has 4 nitrogen and oxygen atoms in total. The molecule has 15 heavy (non-hydrogen) atoms. The maximum absolute atomic E-state index is 13.0. The molecule has 0 bridgehead atoms. The van der Waals surface area contributed by atoms with E-state index in [2.05, 4.69) is 15.4 Å². The van der Waals surface area contributed by atoms with Crippen LogP contribution in [0.4, 0.5) is 13.2 Å². The molecule has 2 rings (SSSR count). The first kappa shape index (κ1) is 10.4. The zero-order chi connectivity index (χ0) is 11.1. The van der Waals surface area contributed by atoms with Gasteiger partial charge in [0.25, 0.3) is 0 Å².